The van der Waals surface area contributed by atoms with Gasteiger partial charge in [0.2, 0.25) is 0 Å². The zero-order chi connectivity index (χ0) is 12.4. The smallest absolute Gasteiger partial charge is 0.0735 e. The van der Waals surface area contributed by atoms with Crippen LogP contribution in [0.1, 0.15) is 37.1 Å². The van der Waals surface area contributed by atoms with Crippen molar-refractivity contribution in [2.75, 3.05) is 0 Å². The second-order valence-corrected chi connectivity index (χ2v) is 4.93. The maximum absolute atomic E-state index is 6.09. The Labute approximate surface area is 108 Å². The molecule has 90 valence electrons. The molecule has 0 saturated carbocycles. The van der Waals surface area contributed by atoms with Gasteiger partial charge in [-0.15, -0.1) is 0 Å². The van der Waals surface area contributed by atoms with Crippen molar-refractivity contribution in [3.05, 3.63) is 40.0 Å². The molecule has 0 saturated heterocycles. The minimum Gasteiger partial charge on any atom is -0.252 e. The molecule has 1 heterocycles. The number of aryl methyl sites for hydroxylation is 3. The predicted octanol–water partition coefficient (Wildman–Crippen LogP) is 4.71. The van der Waals surface area contributed by atoms with Crippen LogP contribution in [0.4, 0.5) is 0 Å². The van der Waals surface area contributed by atoms with Crippen LogP contribution in [-0.2, 0) is 12.8 Å². The lowest BCUT2D eigenvalue weighted by Crippen LogP contribution is -1.98. The van der Waals surface area contributed by atoms with Crippen LogP contribution in [0.25, 0.3) is 10.9 Å². The Balaban J connectivity index is 2.69. The van der Waals surface area contributed by atoms with Crippen molar-refractivity contribution in [1.29, 1.82) is 0 Å². The molecule has 0 amide bonds. The van der Waals surface area contributed by atoms with Gasteiger partial charge >= 0.3 is 0 Å². The monoisotopic (exact) mass is 247 g/mol. The van der Waals surface area contributed by atoms with Crippen LogP contribution in [-0.4, -0.2) is 4.98 Å². The molecule has 2 heteroatoms. The van der Waals surface area contributed by atoms with E-state index in [1.54, 1.807) is 0 Å². The molecule has 17 heavy (non-hydrogen) atoms. The number of aromatic nitrogens is 1. The van der Waals surface area contributed by atoms with E-state index in [4.69, 9.17) is 16.6 Å². The highest BCUT2D eigenvalue weighted by atomic mass is 35.5. The molecule has 2 rings (SSSR count). The molecule has 0 fully saturated rings. The van der Waals surface area contributed by atoms with Crippen LogP contribution >= 0.6 is 11.6 Å². The van der Waals surface area contributed by atoms with Gasteiger partial charge in [0, 0.05) is 16.1 Å². The van der Waals surface area contributed by atoms with Crippen molar-refractivity contribution in [1.82, 2.24) is 4.98 Å². The van der Waals surface area contributed by atoms with Crippen LogP contribution in [0, 0.1) is 6.92 Å². The van der Waals surface area contributed by atoms with Crippen molar-refractivity contribution >= 4 is 22.5 Å². The Kier molecular flexibility index (Phi) is 3.68. The van der Waals surface area contributed by atoms with Crippen LogP contribution in [0.3, 0.4) is 0 Å². The minimum absolute atomic E-state index is 0.794. The van der Waals surface area contributed by atoms with Crippen molar-refractivity contribution in [3.8, 4) is 0 Å². The lowest BCUT2D eigenvalue weighted by molar-refractivity contribution is 0.865. The molecular formula is C15H18ClN. The summed E-state index contributed by atoms with van der Waals surface area (Å²) in [6.45, 7) is 6.45. The van der Waals surface area contributed by atoms with Crippen molar-refractivity contribution in [3.63, 3.8) is 0 Å². The molecule has 0 bridgehead atoms. The third kappa shape index (κ3) is 2.44. The molecule has 0 aliphatic heterocycles. The summed E-state index contributed by atoms with van der Waals surface area (Å²) >= 11 is 6.09. The third-order valence-electron chi connectivity index (χ3n) is 3.11. The fourth-order valence-corrected chi connectivity index (χ4v) is 2.54. The molecule has 0 aliphatic rings. The number of hydrogen-bond donors (Lipinski definition) is 0. The number of benzene rings is 1. The Morgan fingerprint density at radius 2 is 1.94 bits per heavy atom. The predicted molar refractivity (Wildman–Crippen MR) is 74.9 cm³/mol. The quantitative estimate of drug-likeness (QED) is 0.765. The fourth-order valence-electron chi connectivity index (χ4n) is 2.26. The Hall–Kier alpha value is -1.08. The van der Waals surface area contributed by atoms with Crippen LogP contribution < -0.4 is 0 Å². The average molecular weight is 248 g/mol. The van der Waals surface area contributed by atoms with Crippen molar-refractivity contribution in [2.45, 2.75) is 40.0 Å². The van der Waals surface area contributed by atoms with Crippen molar-refractivity contribution in [2.24, 2.45) is 0 Å². The average Bonchev–Trinajstić information content (AvgIpc) is 2.29. The number of rotatable bonds is 3. The molecule has 0 atom stereocenters. The standard InChI is InChI=1S/C15H18ClN/c1-4-6-14-11(5-2)8-12-9-13(16)7-10(3)15(12)17-14/h7-9H,4-6H2,1-3H3. The number of nitrogens with zero attached hydrogens (tertiary/aromatic N) is 1. The zero-order valence-corrected chi connectivity index (χ0v) is 11.4. The van der Waals surface area contributed by atoms with Gasteiger partial charge in [-0.2, -0.15) is 0 Å². The van der Waals surface area contributed by atoms with Crippen LogP contribution in [0.15, 0.2) is 18.2 Å². The van der Waals surface area contributed by atoms with E-state index >= 15 is 0 Å². The highest BCUT2D eigenvalue weighted by Crippen LogP contribution is 2.25. The Bertz CT molecular complexity index is 546. The maximum atomic E-state index is 6.09. The first-order valence-corrected chi connectivity index (χ1v) is 6.62. The van der Waals surface area contributed by atoms with E-state index in [1.807, 2.05) is 12.1 Å². The van der Waals surface area contributed by atoms with E-state index < -0.39 is 0 Å². The summed E-state index contributed by atoms with van der Waals surface area (Å²) < 4.78 is 0. The normalized spacial score (nSPS) is 11.1. The van der Waals surface area contributed by atoms with E-state index in [1.165, 1.54) is 11.3 Å². The van der Waals surface area contributed by atoms with E-state index in [0.717, 1.165) is 40.8 Å². The Morgan fingerprint density at radius 1 is 1.18 bits per heavy atom. The summed E-state index contributed by atoms with van der Waals surface area (Å²) in [4.78, 5) is 4.82. The number of hydrogen-bond acceptors (Lipinski definition) is 1. The van der Waals surface area contributed by atoms with E-state index in [0.29, 0.717) is 0 Å². The van der Waals surface area contributed by atoms with Gasteiger partial charge in [0.25, 0.3) is 0 Å². The molecule has 2 aromatic rings. The summed E-state index contributed by atoms with van der Waals surface area (Å²) in [5.74, 6) is 0. The molecular weight excluding hydrogens is 230 g/mol. The first-order chi connectivity index (χ1) is 8.15. The van der Waals surface area contributed by atoms with E-state index in [9.17, 15) is 0 Å². The van der Waals surface area contributed by atoms with Gasteiger partial charge in [0.1, 0.15) is 0 Å². The summed E-state index contributed by atoms with van der Waals surface area (Å²) in [6, 6.07) is 6.23. The molecule has 0 unspecified atom stereocenters. The van der Waals surface area contributed by atoms with Gasteiger partial charge in [-0.1, -0.05) is 31.9 Å². The molecule has 0 N–H and O–H groups in total. The molecule has 0 radical (unpaired) electrons. The third-order valence-corrected chi connectivity index (χ3v) is 3.33. The SMILES string of the molecule is CCCc1nc2c(C)cc(Cl)cc2cc1CC. The Morgan fingerprint density at radius 3 is 2.59 bits per heavy atom. The summed E-state index contributed by atoms with van der Waals surface area (Å²) in [5.41, 5.74) is 4.84. The molecule has 1 aromatic carbocycles. The second-order valence-electron chi connectivity index (χ2n) is 4.49. The second kappa shape index (κ2) is 5.05. The first-order valence-electron chi connectivity index (χ1n) is 6.24. The van der Waals surface area contributed by atoms with Gasteiger partial charge in [-0.25, -0.2) is 0 Å². The largest absolute Gasteiger partial charge is 0.252 e. The number of pyridine rings is 1. The molecule has 0 spiro atoms. The van der Waals surface area contributed by atoms with Crippen LogP contribution in [0.5, 0.6) is 0 Å². The fraction of sp³-hybridized carbons (Fsp3) is 0.400. The first kappa shape index (κ1) is 12.4. The van der Waals surface area contributed by atoms with Gasteiger partial charge < -0.3 is 0 Å². The van der Waals surface area contributed by atoms with Gasteiger partial charge in [0.05, 0.1) is 5.52 Å². The number of halogens is 1. The summed E-state index contributed by atoms with van der Waals surface area (Å²) in [7, 11) is 0. The zero-order valence-electron chi connectivity index (χ0n) is 10.7. The molecule has 1 aromatic heterocycles. The highest BCUT2D eigenvalue weighted by molar-refractivity contribution is 6.31. The highest BCUT2D eigenvalue weighted by Gasteiger charge is 2.07. The lowest BCUT2D eigenvalue weighted by atomic mass is 10.0. The minimum atomic E-state index is 0.794. The van der Waals surface area contributed by atoms with Gasteiger partial charge in [-0.05, 0) is 49.1 Å². The summed E-state index contributed by atoms with van der Waals surface area (Å²) in [5, 5.41) is 1.95. The number of fused-ring (bicyclic) bond motifs is 1. The molecule has 1 nitrogen and oxygen atoms in total. The van der Waals surface area contributed by atoms with Gasteiger partial charge in [-0.3, -0.25) is 4.98 Å². The molecule has 0 aliphatic carbocycles. The maximum Gasteiger partial charge on any atom is 0.0735 e. The van der Waals surface area contributed by atoms with Crippen LogP contribution in [0.2, 0.25) is 5.02 Å². The van der Waals surface area contributed by atoms with Gasteiger partial charge in [0.15, 0.2) is 0 Å². The lowest BCUT2D eigenvalue weighted by Gasteiger charge is -2.10. The van der Waals surface area contributed by atoms with Crippen molar-refractivity contribution < 1.29 is 0 Å². The summed E-state index contributed by atoms with van der Waals surface area (Å²) in [6.07, 6.45) is 3.23. The van der Waals surface area contributed by atoms with E-state index in [-0.39, 0.29) is 0 Å². The topological polar surface area (TPSA) is 12.9 Å². The van der Waals surface area contributed by atoms with E-state index in [2.05, 4.69) is 26.8 Å².